The average Bonchev–Trinajstić information content (AvgIpc) is 2.85. The molecule has 2 aromatic rings. The number of carboxylic acids is 1. The van der Waals surface area contributed by atoms with Gasteiger partial charge < -0.3 is 19.2 Å². The monoisotopic (exact) mass is 305 g/mol. The largest absolute Gasteiger partial charge is 0.481 e. The van der Waals surface area contributed by atoms with Gasteiger partial charge in [0.05, 0.1) is 12.5 Å². The third kappa shape index (κ3) is 3.12. The molecule has 6 nitrogen and oxygen atoms in total. The van der Waals surface area contributed by atoms with E-state index in [-0.39, 0.29) is 24.8 Å². The fourth-order valence-corrected chi connectivity index (χ4v) is 2.30. The Balaban J connectivity index is 2.34. The Labute approximate surface area is 128 Å². The minimum absolute atomic E-state index is 0.109. The highest BCUT2D eigenvalue weighted by Crippen LogP contribution is 2.27. The van der Waals surface area contributed by atoms with Crippen molar-refractivity contribution in [2.75, 3.05) is 20.7 Å². The number of hydrogen-bond donors (Lipinski definition) is 1. The second-order valence-electron chi connectivity index (χ2n) is 5.26. The second-order valence-corrected chi connectivity index (χ2v) is 5.26. The summed E-state index contributed by atoms with van der Waals surface area (Å²) >= 11 is 0. The topological polar surface area (TPSA) is 80.0 Å². The number of carboxylic acid groups (broad SMARTS) is 1. The Morgan fingerprint density at radius 2 is 2.05 bits per heavy atom. The molecular formula is C16H19NO5. The van der Waals surface area contributed by atoms with Crippen LogP contribution < -0.4 is 0 Å². The van der Waals surface area contributed by atoms with Crippen molar-refractivity contribution < 1.29 is 23.8 Å². The van der Waals surface area contributed by atoms with Crippen LogP contribution in [-0.2, 0) is 16.1 Å². The van der Waals surface area contributed by atoms with E-state index in [1.165, 1.54) is 4.90 Å². The molecule has 0 saturated heterocycles. The van der Waals surface area contributed by atoms with Gasteiger partial charge in [0.2, 0.25) is 0 Å². The zero-order chi connectivity index (χ0) is 16.3. The first-order valence-electron chi connectivity index (χ1n) is 6.93. The van der Waals surface area contributed by atoms with E-state index in [2.05, 4.69) is 0 Å². The molecule has 1 aromatic carbocycles. The summed E-state index contributed by atoms with van der Waals surface area (Å²) in [6.45, 7) is 1.92. The fourth-order valence-electron chi connectivity index (χ4n) is 2.30. The van der Waals surface area contributed by atoms with Crippen molar-refractivity contribution in [2.45, 2.75) is 13.5 Å². The first-order valence-corrected chi connectivity index (χ1v) is 6.93. The summed E-state index contributed by atoms with van der Waals surface area (Å²) in [7, 11) is 3.11. The predicted octanol–water partition coefficient (Wildman–Crippen LogP) is 2.37. The Bertz CT molecular complexity index is 691. The van der Waals surface area contributed by atoms with Crippen LogP contribution in [0.2, 0.25) is 0 Å². The number of rotatable bonds is 6. The number of fused-ring (bicyclic) bond motifs is 1. The molecule has 0 fully saturated rings. The number of methoxy groups -OCH3 is 1. The molecule has 118 valence electrons. The van der Waals surface area contributed by atoms with Crippen LogP contribution in [0.3, 0.4) is 0 Å². The van der Waals surface area contributed by atoms with Crippen molar-refractivity contribution in [1.82, 2.24) is 4.90 Å². The van der Waals surface area contributed by atoms with Gasteiger partial charge in [-0.15, -0.1) is 0 Å². The van der Waals surface area contributed by atoms with Crippen molar-refractivity contribution in [2.24, 2.45) is 5.92 Å². The molecule has 0 aliphatic carbocycles. The lowest BCUT2D eigenvalue weighted by atomic mass is 10.1. The number of furan rings is 1. The van der Waals surface area contributed by atoms with E-state index in [9.17, 15) is 9.59 Å². The molecule has 22 heavy (non-hydrogen) atoms. The van der Waals surface area contributed by atoms with Gasteiger partial charge in [-0.1, -0.05) is 25.1 Å². The Kier molecular flexibility index (Phi) is 4.82. The van der Waals surface area contributed by atoms with Gasteiger partial charge in [0.1, 0.15) is 5.58 Å². The number of benzene rings is 1. The van der Waals surface area contributed by atoms with Crippen molar-refractivity contribution in [3.63, 3.8) is 0 Å². The van der Waals surface area contributed by atoms with Gasteiger partial charge in [-0.2, -0.15) is 0 Å². The molecular weight excluding hydrogens is 286 g/mol. The molecule has 1 aromatic heterocycles. The standard InChI is InChI=1S/C16H19NO5/c1-10(16(19)20)8-17(2)15(18)14-12(9-21-3)11-6-4-5-7-13(11)22-14/h4-7,10H,8-9H2,1-3H3,(H,19,20). The van der Waals surface area contributed by atoms with Crippen LogP contribution in [0.4, 0.5) is 0 Å². The number of ether oxygens (including phenoxy) is 1. The number of aliphatic carboxylic acids is 1. The number of para-hydroxylation sites is 1. The van der Waals surface area contributed by atoms with Gasteiger partial charge in [-0.3, -0.25) is 9.59 Å². The summed E-state index contributed by atoms with van der Waals surface area (Å²) in [5.41, 5.74) is 1.29. The van der Waals surface area contributed by atoms with Gasteiger partial charge >= 0.3 is 5.97 Å². The summed E-state index contributed by atoms with van der Waals surface area (Å²) in [6.07, 6.45) is 0. The number of carbonyl (C=O) groups is 2. The van der Waals surface area contributed by atoms with Gasteiger partial charge in [-0.25, -0.2) is 0 Å². The number of hydrogen-bond acceptors (Lipinski definition) is 4. The normalized spacial score (nSPS) is 12.3. The van der Waals surface area contributed by atoms with E-state index in [1.807, 2.05) is 18.2 Å². The molecule has 1 unspecified atom stereocenters. The first kappa shape index (κ1) is 16.0. The number of nitrogens with zero attached hydrogens (tertiary/aromatic N) is 1. The molecule has 2 rings (SSSR count). The highest BCUT2D eigenvalue weighted by molar-refractivity contribution is 5.99. The lowest BCUT2D eigenvalue weighted by Crippen LogP contribution is -2.34. The summed E-state index contributed by atoms with van der Waals surface area (Å²) in [5, 5.41) is 9.78. The van der Waals surface area contributed by atoms with Crippen LogP contribution in [0.5, 0.6) is 0 Å². The maximum Gasteiger partial charge on any atom is 0.308 e. The van der Waals surface area contributed by atoms with Gasteiger partial charge in [0.15, 0.2) is 5.76 Å². The van der Waals surface area contributed by atoms with Crippen LogP contribution >= 0.6 is 0 Å². The van der Waals surface area contributed by atoms with E-state index in [4.69, 9.17) is 14.3 Å². The third-order valence-corrected chi connectivity index (χ3v) is 3.50. The SMILES string of the molecule is COCc1c(C(=O)N(C)CC(C)C(=O)O)oc2ccccc12. The van der Waals surface area contributed by atoms with Crippen LogP contribution in [0.1, 0.15) is 23.0 Å². The van der Waals surface area contributed by atoms with Crippen molar-refractivity contribution in [3.8, 4) is 0 Å². The van der Waals surface area contributed by atoms with Crippen molar-refractivity contribution in [1.29, 1.82) is 0 Å². The lowest BCUT2D eigenvalue weighted by Gasteiger charge is -2.18. The summed E-state index contributed by atoms with van der Waals surface area (Å²) in [6, 6.07) is 7.34. The van der Waals surface area contributed by atoms with Gasteiger partial charge in [0.25, 0.3) is 5.91 Å². The zero-order valence-electron chi connectivity index (χ0n) is 12.8. The Morgan fingerprint density at radius 3 is 2.68 bits per heavy atom. The Hall–Kier alpha value is -2.34. The maximum atomic E-state index is 12.6. The quantitative estimate of drug-likeness (QED) is 0.886. The zero-order valence-corrected chi connectivity index (χ0v) is 12.8. The lowest BCUT2D eigenvalue weighted by molar-refractivity contribution is -0.141. The molecule has 1 heterocycles. The average molecular weight is 305 g/mol. The van der Waals surface area contributed by atoms with Gasteiger partial charge in [0, 0.05) is 31.7 Å². The predicted molar refractivity (Wildman–Crippen MR) is 80.7 cm³/mol. The summed E-state index contributed by atoms with van der Waals surface area (Å²) in [5.74, 6) is -1.75. The minimum atomic E-state index is -0.943. The molecule has 0 saturated carbocycles. The molecule has 0 aliphatic rings. The minimum Gasteiger partial charge on any atom is -0.481 e. The van der Waals surface area contributed by atoms with Crippen LogP contribution in [0.15, 0.2) is 28.7 Å². The molecule has 0 radical (unpaired) electrons. The van der Waals surface area contributed by atoms with E-state index in [0.717, 1.165) is 5.39 Å². The molecule has 1 amide bonds. The molecule has 0 bridgehead atoms. The van der Waals surface area contributed by atoms with Crippen molar-refractivity contribution in [3.05, 3.63) is 35.6 Å². The highest BCUT2D eigenvalue weighted by atomic mass is 16.5. The molecule has 0 aliphatic heterocycles. The van der Waals surface area contributed by atoms with E-state index in [0.29, 0.717) is 11.1 Å². The van der Waals surface area contributed by atoms with E-state index < -0.39 is 11.9 Å². The van der Waals surface area contributed by atoms with Crippen molar-refractivity contribution >= 4 is 22.8 Å². The maximum absolute atomic E-state index is 12.6. The highest BCUT2D eigenvalue weighted by Gasteiger charge is 2.25. The second kappa shape index (κ2) is 6.62. The summed E-state index contributed by atoms with van der Waals surface area (Å²) < 4.78 is 10.8. The smallest absolute Gasteiger partial charge is 0.308 e. The molecule has 1 N–H and O–H groups in total. The third-order valence-electron chi connectivity index (χ3n) is 3.50. The number of carbonyl (C=O) groups excluding carboxylic acids is 1. The number of amides is 1. The van der Waals surface area contributed by atoms with Crippen LogP contribution in [-0.4, -0.2) is 42.6 Å². The summed E-state index contributed by atoms with van der Waals surface area (Å²) in [4.78, 5) is 24.8. The molecule has 1 atom stereocenters. The van der Waals surface area contributed by atoms with E-state index >= 15 is 0 Å². The van der Waals surface area contributed by atoms with Crippen LogP contribution in [0, 0.1) is 5.92 Å². The molecule has 0 spiro atoms. The fraction of sp³-hybridized carbons (Fsp3) is 0.375. The van der Waals surface area contributed by atoms with E-state index in [1.54, 1.807) is 27.1 Å². The first-order chi connectivity index (χ1) is 10.5. The van der Waals surface area contributed by atoms with Gasteiger partial charge in [-0.05, 0) is 6.07 Å². The molecule has 6 heteroatoms. The van der Waals surface area contributed by atoms with Crippen LogP contribution in [0.25, 0.3) is 11.0 Å². The Morgan fingerprint density at radius 1 is 1.36 bits per heavy atom.